The van der Waals surface area contributed by atoms with Crippen molar-refractivity contribution < 1.29 is 10.2 Å². The molecule has 0 amide bonds. The number of aliphatic hydroxyl groups is 2. The number of hydrogen-bond donors (Lipinski definition) is 2. The third-order valence-corrected chi connectivity index (χ3v) is 2.57. The number of hydrogen-bond acceptors (Lipinski definition) is 2. The number of rotatable bonds is 6. The van der Waals surface area contributed by atoms with Crippen molar-refractivity contribution in [3.63, 3.8) is 0 Å². The molecule has 0 fully saturated rings. The predicted octanol–water partition coefficient (Wildman–Crippen LogP) is 1.80. The zero-order valence-electron chi connectivity index (χ0n) is 8.45. The first-order valence-electron chi connectivity index (χ1n) is 4.90. The Kier molecular flexibility index (Phi) is 6.39. The third-order valence-electron chi connectivity index (χ3n) is 2.57. The van der Waals surface area contributed by atoms with Crippen LogP contribution in [0.1, 0.15) is 40.0 Å². The Morgan fingerprint density at radius 1 is 1.25 bits per heavy atom. The molecule has 0 saturated heterocycles. The van der Waals surface area contributed by atoms with Crippen molar-refractivity contribution in [2.45, 2.75) is 46.1 Å². The van der Waals surface area contributed by atoms with Crippen molar-refractivity contribution >= 4 is 0 Å². The fraction of sp³-hybridized carbons (Fsp3) is 1.00. The van der Waals surface area contributed by atoms with Gasteiger partial charge in [0.25, 0.3) is 0 Å². The zero-order chi connectivity index (χ0) is 9.56. The standard InChI is InChI=1S/C10H22O2/c1-4-9(3)10(12)7-8(2)5-6-11/h8-12H,4-7H2,1-3H3. The summed E-state index contributed by atoms with van der Waals surface area (Å²) in [6, 6.07) is 0. The summed E-state index contributed by atoms with van der Waals surface area (Å²) in [6.07, 6.45) is 2.44. The molecule has 0 aliphatic rings. The quantitative estimate of drug-likeness (QED) is 0.644. The van der Waals surface area contributed by atoms with Crippen molar-refractivity contribution in [2.24, 2.45) is 11.8 Å². The minimum atomic E-state index is -0.198. The van der Waals surface area contributed by atoms with Crippen LogP contribution < -0.4 is 0 Å². The van der Waals surface area contributed by atoms with Crippen LogP contribution in [0.2, 0.25) is 0 Å². The van der Waals surface area contributed by atoms with Gasteiger partial charge in [-0.2, -0.15) is 0 Å². The van der Waals surface area contributed by atoms with E-state index in [1.165, 1.54) is 0 Å². The second kappa shape index (κ2) is 6.44. The summed E-state index contributed by atoms with van der Waals surface area (Å²) in [5, 5.41) is 18.3. The monoisotopic (exact) mass is 174 g/mol. The third kappa shape index (κ3) is 4.73. The maximum Gasteiger partial charge on any atom is 0.0568 e. The Labute approximate surface area is 75.6 Å². The summed E-state index contributed by atoms with van der Waals surface area (Å²) in [4.78, 5) is 0. The van der Waals surface area contributed by atoms with Gasteiger partial charge in [-0.25, -0.2) is 0 Å². The lowest BCUT2D eigenvalue weighted by Gasteiger charge is -2.20. The molecule has 0 heterocycles. The van der Waals surface area contributed by atoms with E-state index in [2.05, 4.69) is 20.8 Å². The van der Waals surface area contributed by atoms with E-state index >= 15 is 0 Å². The maximum atomic E-state index is 9.63. The van der Waals surface area contributed by atoms with Crippen molar-refractivity contribution in [1.82, 2.24) is 0 Å². The smallest absolute Gasteiger partial charge is 0.0568 e. The van der Waals surface area contributed by atoms with Gasteiger partial charge in [-0.05, 0) is 24.7 Å². The van der Waals surface area contributed by atoms with Gasteiger partial charge in [-0.15, -0.1) is 0 Å². The Morgan fingerprint density at radius 2 is 1.83 bits per heavy atom. The highest BCUT2D eigenvalue weighted by Crippen LogP contribution is 2.17. The summed E-state index contributed by atoms with van der Waals surface area (Å²) < 4.78 is 0. The van der Waals surface area contributed by atoms with Crippen LogP contribution in [0.4, 0.5) is 0 Å². The average molecular weight is 174 g/mol. The van der Waals surface area contributed by atoms with Gasteiger partial charge in [0.1, 0.15) is 0 Å². The first kappa shape index (κ1) is 11.9. The lowest BCUT2D eigenvalue weighted by molar-refractivity contribution is 0.0851. The molecule has 3 atom stereocenters. The summed E-state index contributed by atoms with van der Waals surface area (Å²) in [5.74, 6) is 0.810. The van der Waals surface area contributed by atoms with Crippen LogP contribution in [0, 0.1) is 11.8 Å². The Hall–Kier alpha value is -0.0800. The molecule has 0 radical (unpaired) electrons. The number of aliphatic hydroxyl groups excluding tert-OH is 2. The highest BCUT2D eigenvalue weighted by molar-refractivity contribution is 4.66. The molecule has 0 bridgehead atoms. The molecular formula is C10H22O2. The maximum absolute atomic E-state index is 9.63. The van der Waals surface area contributed by atoms with Crippen LogP contribution >= 0.6 is 0 Å². The van der Waals surface area contributed by atoms with E-state index in [1.807, 2.05) is 0 Å². The molecule has 0 spiro atoms. The van der Waals surface area contributed by atoms with Crippen LogP contribution in [0.3, 0.4) is 0 Å². The SMILES string of the molecule is CCC(C)C(O)CC(C)CCO. The van der Waals surface area contributed by atoms with E-state index in [-0.39, 0.29) is 12.7 Å². The van der Waals surface area contributed by atoms with Crippen molar-refractivity contribution in [3.05, 3.63) is 0 Å². The Morgan fingerprint density at radius 3 is 2.25 bits per heavy atom. The van der Waals surface area contributed by atoms with E-state index in [0.717, 1.165) is 19.3 Å². The molecule has 0 saturated carbocycles. The van der Waals surface area contributed by atoms with E-state index in [1.54, 1.807) is 0 Å². The lowest BCUT2D eigenvalue weighted by Crippen LogP contribution is -2.20. The molecule has 0 aliphatic carbocycles. The second-order valence-corrected chi connectivity index (χ2v) is 3.81. The van der Waals surface area contributed by atoms with Crippen molar-refractivity contribution in [3.8, 4) is 0 Å². The van der Waals surface area contributed by atoms with E-state index < -0.39 is 0 Å². The van der Waals surface area contributed by atoms with Gasteiger partial charge >= 0.3 is 0 Å². The summed E-state index contributed by atoms with van der Waals surface area (Å²) >= 11 is 0. The minimum absolute atomic E-state index is 0.198. The van der Waals surface area contributed by atoms with Crippen LogP contribution in [0.15, 0.2) is 0 Å². The van der Waals surface area contributed by atoms with Crippen molar-refractivity contribution in [1.29, 1.82) is 0 Å². The highest BCUT2D eigenvalue weighted by atomic mass is 16.3. The minimum Gasteiger partial charge on any atom is -0.396 e. The van der Waals surface area contributed by atoms with E-state index in [0.29, 0.717) is 11.8 Å². The molecular weight excluding hydrogens is 152 g/mol. The molecule has 0 aromatic carbocycles. The summed E-state index contributed by atoms with van der Waals surface area (Å²) in [5.41, 5.74) is 0. The normalized spacial score (nSPS) is 18.8. The molecule has 74 valence electrons. The van der Waals surface area contributed by atoms with E-state index in [9.17, 15) is 5.11 Å². The van der Waals surface area contributed by atoms with Gasteiger partial charge in [-0.1, -0.05) is 27.2 Å². The zero-order valence-corrected chi connectivity index (χ0v) is 8.45. The highest BCUT2D eigenvalue weighted by Gasteiger charge is 2.15. The van der Waals surface area contributed by atoms with Crippen LogP contribution in [-0.4, -0.2) is 22.9 Å². The lowest BCUT2D eigenvalue weighted by atomic mass is 9.92. The summed E-state index contributed by atoms with van der Waals surface area (Å²) in [7, 11) is 0. The topological polar surface area (TPSA) is 40.5 Å². The van der Waals surface area contributed by atoms with Crippen LogP contribution in [-0.2, 0) is 0 Å². The van der Waals surface area contributed by atoms with Gasteiger partial charge in [-0.3, -0.25) is 0 Å². The molecule has 0 aromatic heterocycles. The van der Waals surface area contributed by atoms with Crippen molar-refractivity contribution in [2.75, 3.05) is 6.61 Å². The molecule has 0 rings (SSSR count). The van der Waals surface area contributed by atoms with Gasteiger partial charge in [0, 0.05) is 6.61 Å². The molecule has 2 nitrogen and oxygen atoms in total. The molecule has 12 heavy (non-hydrogen) atoms. The Balaban J connectivity index is 3.59. The molecule has 3 unspecified atom stereocenters. The van der Waals surface area contributed by atoms with E-state index in [4.69, 9.17) is 5.11 Å². The van der Waals surface area contributed by atoms with Crippen LogP contribution in [0.25, 0.3) is 0 Å². The largest absolute Gasteiger partial charge is 0.396 e. The molecule has 0 aromatic rings. The fourth-order valence-electron chi connectivity index (χ4n) is 1.25. The second-order valence-electron chi connectivity index (χ2n) is 3.81. The van der Waals surface area contributed by atoms with Gasteiger partial charge in [0.05, 0.1) is 6.10 Å². The Bertz CT molecular complexity index is 104. The summed E-state index contributed by atoms with van der Waals surface area (Å²) in [6.45, 7) is 6.46. The first-order valence-corrected chi connectivity index (χ1v) is 4.90. The average Bonchev–Trinajstić information content (AvgIpc) is 2.03. The molecule has 0 aliphatic heterocycles. The molecule has 2 heteroatoms. The predicted molar refractivity (Wildman–Crippen MR) is 50.9 cm³/mol. The fourth-order valence-corrected chi connectivity index (χ4v) is 1.25. The van der Waals surface area contributed by atoms with Gasteiger partial charge in [0.2, 0.25) is 0 Å². The first-order chi connectivity index (χ1) is 5.61. The van der Waals surface area contributed by atoms with Crippen LogP contribution in [0.5, 0.6) is 0 Å². The molecule has 2 N–H and O–H groups in total. The van der Waals surface area contributed by atoms with Gasteiger partial charge < -0.3 is 10.2 Å². The van der Waals surface area contributed by atoms with Gasteiger partial charge in [0.15, 0.2) is 0 Å².